The molecule has 0 aliphatic carbocycles. The van der Waals surface area contributed by atoms with E-state index in [-0.39, 0.29) is 19.4 Å². The van der Waals surface area contributed by atoms with Gasteiger partial charge in [-0.15, -0.1) is 0 Å². The van der Waals surface area contributed by atoms with Crippen LogP contribution in [0.1, 0.15) is 26.7 Å². The van der Waals surface area contributed by atoms with Gasteiger partial charge in [0.1, 0.15) is 12.1 Å². The molecule has 98 valence electrons. The van der Waals surface area contributed by atoms with Crippen LogP contribution in [-0.2, 0) is 14.3 Å². The third kappa shape index (κ3) is 2.53. The molecule has 1 saturated heterocycles. The number of rotatable bonds is 3. The van der Waals surface area contributed by atoms with Crippen LogP contribution in [0, 0.1) is 0 Å². The zero-order valence-corrected chi connectivity index (χ0v) is 9.63. The Balaban J connectivity index is 2.86. The highest BCUT2D eigenvalue weighted by Gasteiger charge is 2.59. The van der Waals surface area contributed by atoms with Crippen LogP contribution in [0.25, 0.3) is 0 Å². The predicted octanol–water partition coefficient (Wildman–Crippen LogP) is 1.49. The highest BCUT2D eigenvalue weighted by Crippen LogP contribution is 2.43. The molecule has 1 amide bonds. The Hall–Kier alpha value is -1.27. The first-order valence-corrected chi connectivity index (χ1v) is 5.25. The van der Waals surface area contributed by atoms with Crippen LogP contribution in [-0.4, -0.2) is 41.6 Å². The van der Waals surface area contributed by atoms with Gasteiger partial charge in [0.25, 0.3) is 0 Å². The van der Waals surface area contributed by atoms with E-state index in [2.05, 4.69) is 4.74 Å². The summed E-state index contributed by atoms with van der Waals surface area (Å²) in [5, 5.41) is 0. The molecule has 17 heavy (non-hydrogen) atoms. The molecule has 0 aromatic rings. The number of halogens is 3. The van der Waals surface area contributed by atoms with E-state index in [4.69, 9.17) is 0 Å². The van der Waals surface area contributed by atoms with Crippen molar-refractivity contribution in [2.45, 2.75) is 38.4 Å². The fourth-order valence-corrected chi connectivity index (χ4v) is 1.79. The smallest absolute Gasteiger partial charge is 0.411 e. The number of alkyl halides is 3. The van der Waals surface area contributed by atoms with Gasteiger partial charge in [-0.05, 0) is 20.3 Å². The van der Waals surface area contributed by atoms with Crippen molar-refractivity contribution in [1.29, 1.82) is 0 Å². The molecular weight excluding hydrogens is 239 g/mol. The molecule has 7 heteroatoms. The Kier molecular flexibility index (Phi) is 3.68. The molecule has 0 bridgehead atoms. The summed E-state index contributed by atoms with van der Waals surface area (Å²) in [6.45, 7) is 1.90. The molecule has 0 radical (unpaired) electrons. The second kappa shape index (κ2) is 4.54. The topological polar surface area (TPSA) is 46.6 Å². The molecule has 1 fully saturated rings. The van der Waals surface area contributed by atoms with Crippen LogP contribution < -0.4 is 0 Å². The normalized spacial score (nSPS) is 25.2. The van der Waals surface area contributed by atoms with E-state index < -0.39 is 30.1 Å². The van der Waals surface area contributed by atoms with E-state index in [9.17, 15) is 22.8 Å². The van der Waals surface area contributed by atoms with E-state index in [1.165, 1.54) is 0 Å². The zero-order chi connectivity index (χ0) is 13.3. The van der Waals surface area contributed by atoms with E-state index in [0.29, 0.717) is 4.90 Å². The lowest BCUT2D eigenvalue weighted by molar-refractivity contribution is -0.218. The minimum Gasteiger partial charge on any atom is -0.465 e. The predicted molar refractivity (Wildman–Crippen MR) is 52.0 cm³/mol. The number of ether oxygens (including phenoxy) is 1. The number of esters is 1. The first-order chi connectivity index (χ1) is 7.72. The van der Waals surface area contributed by atoms with Crippen molar-refractivity contribution in [3.05, 3.63) is 0 Å². The molecule has 1 heterocycles. The number of likely N-dealkylation sites (tertiary alicyclic amines) is 1. The van der Waals surface area contributed by atoms with Gasteiger partial charge in [-0.25, -0.2) is 0 Å². The zero-order valence-electron chi connectivity index (χ0n) is 9.63. The van der Waals surface area contributed by atoms with Crippen molar-refractivity contribution >= 4 is 11.9 Å². The van der Waals surface area contributed by atoms with Crippen molar-refractivity contribution in [1.82, 2.24) is 4.90 Å². The van der Waals surface area contributed by atoms with Crippen LogP contribution in [0.5, 0.6) is 0 Å². The standard InChI is InChI=1S/C10H14F3NO3/c1-3-17-8(16)6-14-7(15)4-5-9(14,2)10(11,12)13/h3-6H2,1-2H3. The summed E-state index contributed by atoms with van der Waals surface area (Å²) in [5.74, 6) is -1.49. The van der Waals surface area contributed by atoms with E-state index in [0.717, 1.165) is 6.92 Å². The molecule has 1 rings (SSSR count). The molecule has 1 aliphatic heterocycles. The lowest BCUT2D eigenvalue weighted by atomic mass is 9.98. The summed E-state index contributed by atoms with van der Waals surface area (Å²) in [7, 11) is 0. The minimum atomic E-state index is -4.55. The maximum absolute atomic E-state index is 12.9. The fraction of sp³-hybridized carbons (Fsp3) is 0.800. The maximum atomic E-state index is 12.9. The molecule has 0 aromatic heterocycles. The van der Waals surface area contributed by atoms with E-state index in [1.54, 1.807) is 6.92 Å². The average Bonchev–Trinajstić information content (AvgIpc) is 2.47. The van der Waals surface area contributed by atoms with Crippen LogP contribution in [0.4, 0.5) is 13.2 Å². The van der Waals surface area contributed by atoms with Gasteiger partial charge in [0.2, 0.25) is 5.91 Å². The summed E-state index contributed by atoms with van der Waals surface area (Å²) < 4.78 is 43.1. The molecule has 1 unspecified atom stereocenters. The van der Waals surface area contributed by atoms with Gasteiger partial charge >= 0.3 is 12.1 Å². The van der Waals surface area contributed by atoms with Crippen LogP contribution >= 0.6 is 0 Å². The lowest BCUT2D eigenvalue weighted by Gasteiger charge is -2.36. The van der Waals surface area contributed by atoms with Gasteiger partial charge in [0.05, 0.1) is 6.61 Å². The lowest BCUT2D eigenvalue weighted by Crippen LogP contribution is -2.55. The molecule has 4 nitrogen and oxygen atoms in total. The number of carbonyl (C=O) groups excluding carboxylic acids is 2. The SMILES string of the molecule is CCOC(=O)CN1C(=O)CCC1(C)C(F)(F)F. The summed E-state index contributed by atoms with van der Waals surface area (Å²) in [4.78, 5) is 23.1. The second-order valence-corrected chi connectivity index (χ2v) is 4.06. The third-order valence-corrected chi connectivity index (χ3v) is 2.93. The maximum Gasteiger partial charge on any atom is 0.411 e. The Morgan fingerprint density at radius 3 is 2.59 bits per heavy atom. The Morgan fingerprint density at radius 2 is 2.12 bits per heavy atom. The van der Waals surface area contributed by atoms with Crippen molar-refractivity contribution in [2.24, 2.45) is 0 Å². The number of amides is 1. The Labute approximate surface area is 96.7 Å². The Morgan fingerprint density at radius 1 is 1.53 bits per heavy atom. The van der Waals surface area contributed by atoms with Crippen molar-refractivity contribution < 1.29 is 27.5 Å². The van der Waals surface area contributed by atoms with Crippen LogP contribution in [0.3, 0.4) is 0 Å². The van der Waals surface area contributed by atoms with Gasteiger partial charge in [-0.2, -0.15) is 13.2 Å². The molecule has 0 saturated carbocycles. The van der Waals surface area contributed by atoms with E-state index in [1.807, 2.05) is 0 Å². The molecule has 0 aromatic carbocycles. The van der Waals surface area contributed by atoms with Crippen molar-refractivity contribution in [3.63, 3.8) is 0 Å². The Bertz CT molecular complexity index is 329. The first kappa shape index (κ1) is 13.8. The van der Waals surface area contributed by atoms with Gasteiger partial charge in [-0.3, -0.25) is 9.59 Å². The van der Waals surface area contributed by atoms with Crippen molar-refractivity contribution in [3.8, 4) is 0 Å². The summed E-state index contributed by atoms with van der Waals surface area (Å²) in [6.07, 6.45) is -5.07. The van der Waals surface area contributed by atoms with E-state index >= 15 is 0 Å². The quantitative estimate of drug-likeness (QED) is 0.716. The van der Waals surface area contributed by atoms with Gasteiger partial charge in [0, 0.05) is 6.42 Å². The van der Waals surface area contributed by atoms with Crippen LogP contribution in [0.15, 0.2) is 0 Å². The highest BCUT2D eigenvalue weighted by molar-refractivity contribution is 5.84. The van der Waals surface area contributed by atoms with Gasteiger partial charge < -0.3 is 9.64 Å². The summed E-state index contributed by atoms with van der Waals surface area (Å²) >= 11 is 0. The molecule has 1 aliphatic rings. The largest absolute Gasteiger partial charge is 0.465 e. The first-order valence-electron chi connectivity index (χ1n) is 5.25. The number of carbonyl (C=O) groups is 2. The second-order valence-electron chi connectivity index (χ2n) is 4.06. The third-order valence-electron chi connectivity index (χ3n) is 2.93. The highest BCUT2D eigenvalue weighted by atomic mass is 19.4. The summed E-state index contributed by atoms with van der Waals surface area (Å²) in [5.41, 5.74) is -2.27. The van der Waals surface area contributed by atoms with Crippen molar-refractivity contribution in [2.75, 3.05) is 13.2 Å². The number of hydrogen-bond acceptors (Lipinski definition) is 3. The number of hydrogen-bond donors (Lipinski definition) is 0. The number of nitrogens with zero attached hydrogens (tertiary/aromatic N) is 1. The molecular formula is C10H14F3NO3. The monoisotopic (exact) mass is 253 g/mol. The fourth-order valence-electron chi connectivity index (χ4n) is 1.79. The molecule has 0 N–H and O–H groups in total. The summed E-state index contributed by atoms with van der Waals surface area (Å²) in [6, 6.07) is 0. The molecule has 0 spiro atoms. The minimum absolute atomic E-state index is 0.0730. The van der Waals surface area contributed by atoms with Gasteiger partial charge in [-0.1, -0.05) is 0 Å². The van der Waals surface area contributed by atoms with Crippen LogP contribution in [0.2, 0.25) is 0 Å². The van der Waals surface area contributed by atoms with Gasteiger partial charge in [0.15, 0.2) is 0 Å². The molecule has 1 atom stereocenters. The average molecular weight is 253 g/mol.